The van der Waals surface area contributed by atoms with Crippen LogP contribution >= 0.6 is 0 Å². The van der Waals surface area contributed by atoms with Crippen molar-refractivity contribution in [2.75, 3.05) is 13.2 Å². The zero-order chi connectivity index (χ0) is 14.4. The van der Waals surface area contributed by atoms with Crippen LogP contribution in [0.25, 0.3) is 0 Å². The van der Waals surface area contributed by atoms with Crippen LogP contribution in [0.5, 0.6) is 0 Å². The van der Waals surface area contributed by atoms with E-state index in [9.17, 15) is 5.11 Å². The van der Waals surface area contributed by atoms with Gasteiger partial charge in [0.25, 0.3) is 0 Å². The molecule has 2 heteroatoms. The SMILES string of the molecule is CC(C)N(Cc1ccccc1)CC1(CO)CCCCC1. The number of hydrogen-bond acceptors (Lipinski definition) is 2. The quantitative estimate of drug-likeness (QED) is 0.852. The van der Waals surface area contributed by atoms with Crippen molar-refractivity contribution in [2.24, 2.45) is 5.41 Å². The Hall–Kier alpha value is -0.860. The molecule has 1 aliphatic carbocycles. The lowest BCUT2D eigenvalue weighted by atomic mass is 9.74. The molecule has 0 aromatic heterocycles. The summed E-state index contributed by atoms with van der Waals surface area (Å²) < 4.78 is 0. The second-order valence-electron chi connectivity index (χ2n) is 6.70. The minimum Gasteiger partial charge on any atom is -0.396 e. The van der Waals surface area contributed by atoms with Gasteiger partial charge in [0.1, 0.15) is 0 Å². The van der Waals surface area contributed by atoms with Crippen molar-refractivity contribution >= 4 is 0 Å². The zero-order valence-electron chi connectivity index (χ0n) is 13.0. The molecule has 2 nitrogen and oxygen atoms in total. The lowest BCUT2D eigenvalue weighted by Gasteiger charge is -2.41. The summed E-state index contributed by atoms with van der Waals surface area (Å²) in [5, 5.41) is 9.91. The van der Waals surface area contributed by atoms with E-state index in [1.807, 2.05) is 0 Å². The third-order valence-electron chi connectivity index (χ3n) is 4.75. The standard InChI is InChI=1S/C18H29NO/c1-16(2)19(13-17-9-5-3-6-10-17)14-18(15-20)11-7-4-8-12-18/h3,5-6,9-10,16,20H,4,7-8,11-15H2,1-2H3. The summed E-state index contributed by atoms with van der Waals surface area (Å²) in [4.78, 5) is 2.52. The Morgan fingerprint density at radius 3 is 2.30 bits per heavy atom. The summed E-state index contributed by atoms with van der Waals surface area (Å²) in [5.41, 5.74) is 1.50. The summed E-state index contributed by atoms with van der Waals surface area (Å²) in [6, 6.07) is 11.2. The third kappa shape index (κ3) is 4.07. The summed E-state index contributed by atoms with van der Waals surface area (Å²) in [6.45, 7) is 6.87. The van der Waals surface area contributed by atoms with Crippen molar-refractivity contribution in [3.05, 3.63) is 35.9 Å². The Bertz CT molecular complexity index is 382. The second kappa shape index (κ2) is 7.24. The summed E-state index contributed by atoms with van der Waals surface area (Å²) in [7, 11) is 0. The van der Waals surface area contributed by atoms with E-state index in [1.54, 1.807) is 0 Å². The molecule has 20 heavy (non-hydrogen) atoms. The first-order valence-electron chi connectivity index (χ1n) is 8.04. The van der Waals surface area contributed by atoms with Crippen molar-refractivity contribution in [3.63, 3.8) is 0 Å². The predicted molar refractivity (Wildman–Crippen MR) is 84.6 cm³/mol. The van der Waals surface area contributed by atoms with Crippen LogP contribution in [-0.4, -0.2) is 29.2 Å². The fourth-order valence-corrected chi connectivity index (χ4v) is 3.34. The predicted octanol–water partition coefficient (Wildman–Crippen LogP) is 3.84. The van der Waals surface area contributed by atoms with Crippen LogP contribution in [0.1, 0.15) is 51.5 Å². The van der Waals surface area contributed by atoms with Gasteiger partial charge in [-0.1, -0.05) is 49.6 Å². The molecule has 1 saturated carbocycles. The number of aliphatic hydroxyl groups excluding tert-OH is 1. The van der Waals surface area contributed by atoms with Crippen molar-refractivity contribution in [3.8, 4) is 0 Å². The van der Waals surface area contributed by atoms with Gasteiger partial charge in [-0.05, 0) is 32.3 Å². The van der Waals surface area contributed by atoms with Gasteiger partial charge >= 0.3 is 0 Å². The van der Waals surface area contributed by atoms with Gasteiger partial charge in [-0.2, -0.15) is 0 Å². The van der Waals surface area contributed by atoms with Crippen LogP contribution in [0.2, 0.25) is 0 Å². The molecule has 1 N–H and O–H groups in total. The van der Waals surface area contributed by atoms with E-state index in [0.29, 0.717) is 12.6 Å². The summed E-state index contributed by atoms with van der Waals surface area (Å²) >= 11 is 0. The van der Waals surface area contributed by atoms with E-state index in [0.717, 1.165) is 13.1 Å². The van der Waals surface area contributed by atoms with Crippen molar-refractivity contribution in [1.29, 1.82) is 0 Å². The molecule has 0 heterocycles. The van der Waals surface area contributed by atoms with Gasteiger partial charge in [-0.15, -0.1) is 0 Å². The summed E-state index contributed by atoms with van der Waals surface area (Å²) in [5.74, 6) is 0. The molecule has 0 saturated heterocycles. The summed E-state index contributed by atoms with van der Waals surface area (Å²) in [6.07, 6.45) is 6.25. The van der Waals surface area contributed by atoms with E-state index < -0.39 is 0 Å². The molecule has 0 amide bonds. The normalized spacial score (nSPS) is 18.6. The first kappa shape index (κ1) is 15.5. The monoisotopic (exact) mass is 275 g/mol. The van der Waals surface area contributed by atoms with E-state index in [1.165, 1.54) is 37.7 Å². The van der Waals surface area contributed by atoms with Gasteiger partial charge in [-0.3, -0.25) is 4.90 Å². The average molecular weight is 275 g/mol. The fourth-order valence-electron chi connectivity index (χ4n) is 3.34. The molecule has 1 aromatic carbocycles. The highest BCUT2D eigenvalue weighted by molar-refractivity contribution is 5.14. The lowest BCUT2D eigenvalue weighted by molar-refractivity contribution is 0.0268. The average Bonchev–Trinajstić information content (AvgIpc) is 2.48. The molecule has 1 aliphatic rings. The van der Waals surface area contributed by atoms with Gasteiger partial charge in [0.15, 0.2) is 0 Å². The van der Waals surface area contributed by atoms with Crippen LogP contribution in [0.4, 0.5) is 0 Å². The van der Waals surface area contributed by atoms with Crippen LogP contribution in [0.15, 0.2) is 30.3 Å². The zero-order valence-corrected chi connectivity index (χ0v) is 13.0. The van der Waals surface area contributed by atoms with Crippen LogP contribution in [0, 0.1) is 5.41 Å². The molecule has 0 atom stereocenters. The van der Waals surface area contributed by atoms with E-state index >= 15 is 0 Å². The number of nitrogens with zero attached hydrogens (tertiary/aromatic N) is 1. The van der Waals surface area contributed by atoms with Crippen LogP contribution in [-0.2, 0) is 6.54 Å². The molecule has 2 rings (SSSR count). The van der Waals surface area contributed by atoms with E-state index in [-0.39, 0.29) is 5.41 Å². The van der Waals surface area contributed by atoms with E-state index in [2.05, 4.69) is 49.1 Å². The Balaban J connectivity index is 2.04. The number of benzene rings is 1. The molecule has 0 radical (unpaired) electrons. The minimum atomic E-state index is 0.136. The Morgan fingerprint density at radius 2 is 1.75 bits per heavy atom. The van der Waals surface area contributed by atoms with E-state index in [4.69, 9.17) is 0 Å². The second-order valence-corrected chi connectivity index (χ2v) is 6.70. The highest BCUT2D eigenvalue weighted by Crippen LogP contribution is 2.37. The van der Waals surface area contributed by atoms with Crippen molar-refractivity contribution in [2.45, 2.75) is 58.5 Å². The Morgan fingerprint density at radius 1 is 1.10 bits per heavy atom. The van der Waals surface area contributed by atoms with Crippen molar-refractivity contribution < 1.29 is 5.11 Å². The highest BCUT2D eigenvalue weighted by atomic mass is 16.3. The maximum absolute atomic E-state index is 9.91. The first-order valence-corrected chi connectivity index (χ1v) is 8.04. The first-order chi connectivity index (χ1) is 9.65. The minimum absolute atomic E-state index is 0.136. The Labute approximate surface area is 123 Å². The van der Waals surface area contributed by atoms with Gasteiger partial charge in [0, 0.05) is 31.2 Å². The molecule has 112 valence electrons. The van der Waals surface area contributed by atoms with Gasteiger partial charge in [-0.25, -0.2) is 0 Å². The number of hydrogen-bond donors (Lipinski definition) is 1. The molecular weight excluding hydrogens is 246 g/mol. The molecule has 1 fully saturated rings. The fraction of sp³-hybridized carbons (Fsp3) is 0.667. The largest absolute Gasteiger partial charge is 0.396 e. The Kier molecular flexibility index (Phi) is 5.62. The van der Waals surface area contributed by atoms with Gasteiger partial charge in [0.2, 0.25) is 0 Å². The molecule has 0 aliphatic heterocycles. The highest BCUT2D eigenvalue weighted by Gasteiger charge is 2.33. The topological polar surface area (TPSA) is 23.5 Å². The molecule has 1 aromatic rings. The molecular formula is C18H29NO. The van der Waals surface area contributed by atoms with Gasteiger partial charge in [0.05, 0.1) is 0 Å². The maximum atomic E-state index is 9.91. The van der Waals surface area contributed by atoms with Crippen molar-refractivity contribution in [1.82, 2.24) is 4.90 Å². The molecule has 0 unspecified atom stereocenters. The van der Waals surface area contributed by atoms with Crippen LogP contribution < -0.4 is 0 Å². The molecule has 0 spiro atoms. The maximum Gasteiger partial charge on any atom is 0.0499 e. The third-order valence-corrected chi connectivity index (χ3v) is 4.75. The number of rotatable bonds is 6. The molecule has 0 bridgehead atoms. The number of aliphatic hydroxyl groups is 1. The smallest absolute Gasteiger partial charge is 0.0499 e. The lowest BCUT2D eigenvalue weighted by Crippen LogP contribution is -2.44. The van der Waals surface area contributed by atoms with Crippen LogP contribution in [0.3, 0.4) is 0 Å². The van der Waals surface area contributed by atoms with Gasteiger partial charge < -0.3 is 5.11 Å².